The zero-order valence-corrected chi connectivity index (χ0v) is 7.83. The highest BCUT2D eigenvalue weighted by molar-refractivity contribution is 5.75. The Morgan fingerprint density at radius 3 is 3.15 bits per heavy atom. The molecule has 0 spiro atoms. The van der Waals surface area contributed by atoms with Crippen molar-refractivity contribution in [3.8, 4) is 0 Å². The zero-order chi connectivity index (χ0) is 9.26. The lowest BCUT2D eigenvalue weighted by Gasteiger charge is -2.37. The van der Waals surface area contributed by atoms with E-state index < -0.39 is 0 Å². The predicted octanol–water partition coefficient (Wildman–Crippen LogP) is 0.139. The van der Waals surface area contributed by atoms with Crippen LogP contribution < -0.4 is 11.1 Å². The van der Waals surface area contributed by atoms with E-state index in [2.05, 4.69) is 5.32 Å². The first-order valence-electron chi connectivity index (χ1n) is 5.07. The van der Waals surface area contributed by atoms with Gasteiger partial charge in [-0.3, -0.25) is 0 Å². The Bertz CT molecular complexity index is 207. The molecule has 2 aliphatic rings. The summed E-state index contributed by atoms with van der Waals surface area (Å²) in [4.78, 5) is 13.4. The molecule has 1 saturated heterocycles. The summed E-state index contributed by atoms with van der Waals surface area (Å²) in [7, 11) is 0. The van der Waals surface area contributed by atoms with E-state index in [0.29, 0.717) is 25.0 Å². The van der Waals surface area contributed by atoms with E-state index in [1.54, 1.807) is 0 Å². The van der Waals surface area contributed by atoms with Gasteiger partial charge >= 0.3 is 6.03 Å². The Balaban J connectivity index is 2.06. The smallest absolute Gasteiger partial charge is 0.317 e. The third kappa shape index (κ3) is 1.50. The monoisotopic (exact) mass is 183 g/mol. The number of carbonyl (C=O) groups is 1. The van der Waals surface area contributed by atoms with Gasteiger partial charge in [-0.05, 0) is 18.8 Å². The van der Waals surface area contributed by atoms with Gasteiger partial charge in [-0.15, -0.1) is 0 Å². The number of urea groups is 1. The average molecular weight is 183 g/mol. The second-order valence-electron chi connectivity index (χ2n) is 3.93. The minimum Gasteiger partial charge on any atom is -0.338 e. The molecule has 1 heterocycles. The number of hydrogen-bond donors (Lipinski definition) is 2. The van der Waals surface area contributed by atoms with Gasteiger partial charge in [0.25, 0.3) is 0 Å². The van der Waals surface area contributed by atoms with Gasteiger partial charge in [-0.1, -0.05) is 6.42 Å². The van der Waals surface area contributed by atoms with Crippen LogP contribution in [0.5, 0.6) is 0 Å². The Hall–Kier alpha value is -0.770. The SMILES string of the molecule is NCCN1C(=O)NCC2CCCC21. The van der Waals surface area contributed by atoms with Crippen molar-refractivity contribution >= 4 is 6.03 Å². The molecule has 2 amide bonds. The van der Waals surface area contributed by atoms with Gasteiger partial charge in [0.2, 0.25) is 0 Å². The van der Waals surface area contributed by atoms with Gasteiger partial charge in [0.15, 0.2) is 0 Å². The van der Waals surface area contributed by atoms with Gasteiger partial charge in [0, 0.05) is 25.7 Å². The van der Waals surface area contributed by atoms with Crippen molar-refractivity contribution in [1.29, 1.82) is 0 Å². The first-order chi connectivity index (χ1) is 6.33. The van der Waals surface area contributed by atoms with Crippen LogP contribution in [0.4, 0.5) is 4.79 Å². The molecule has 0 aromatic carbocycles. The molecule has 13 heavy (non-hydrogen) atoms. The number of carbonyl (C=O) groups excluding carboxylic acids is 1. The lowest BCUT2D eigenvalue weighted by atomic mass is 10.0. The number of nitrogens with zero attached hydrogens (tertiary/aromatic N) is 1. The van der Waals surface area contributed by atoms with Crippen molar-refractivity contribution in [2.75, 3.05) is 19.6 Å². The average Bonchev–Trinajstić information content (AvgIpc) is 2.58. The number of nitrogens with two attached hydrogens (primary N) is 1. The van der Waals surface area contributed by atoms with E-state index in [1.165, 1.54) is 12.8 Å². The third-order valence-electron chi connectivity index (χ3n) is 3.17. The summed E-state index contributed by atoms with van der Waals surface area (Å²) in [6.07, 6.45) is 3.68. The van der Waals surface area contributed by atoms with Crippen LogP contribution >= 0.6 is 0 Å². The fourth-order valence-corrected chi connectivity index (χ4v) is 2.54. The maximum absolute atomic E-state index is 11.5. The molecule has 2 rings (SSSR count). The standard InChI is InChI=1S/C9H17N3O/c10-4-5-12-8-3-1-2-7(8)6-11-9(12)13/h7-8H,1-6,10H2,(H,11,13). The van der Waals surface area contributed by atoms with Gasteiger partial charge in [-0.25, -0.2) is 4.79 Å². The molecule has 74 valence electrons. The summed E-state index contributed by atoms with van der Waals surface area (Å²) >= 11 is 0. The van der Waals surface area contributed by atoms with Crippen molar-refractivity contribution in [2.45, 2.75) is 25.3 Å². The van der Waals surface area contributed by atoms with E-state index in [-0.39, 0.29) is 6.03 Å². The van der Waals surface area contributed by atoms with Crippen molar-refractivity contribution < 1.29 is 4.79 Å². The molecule has 2 unspecified atom stereocenters. The van der Waals surface area contributed by atoms with Crippen LogP contribution in [0.15, 0.2) is 0 Å². The highest BCUT2D eigenvalue weighted by Crippen LogP contribution is 2.31. The first-order valence-corrected chi connectivity index (χ1v) is 5.07. The molecule has 0 radical (unpaired) electrons. The summed E-state index contributed by atoms with van der Waals surface area (Å²) < 4.78 is 0. The van der Waals surface area contributed by atoms with Crippen LogP contribution in [-0.4, -0.2) is 36.6 Å². The van der Waals surface area contributed by atoms with Crippen LogP contribution in [0.2, 0.25) is 0 Å². The van der Waals surface area contributed by atoms with Gasteiger partial charge in [0.1, 0.15) is 0 Å². The van der Waals surface area contributed by atoms with Crippen LogP contribution in [0.1, 0.15) is 19.3 Å². The van der Waals surface area contributed by atoms with E-state index in [1.807, 2.05) is 4.90 Å². The van der Waals surface area contributed by atoms with Crippen molar-refractivity contribution in [2.24, 2.45) is 11.7 Å². The summed E-state index contributed by atoms with van der Waals surface area (Å²) in [5.74, 6) is 0.671. The normalized spacial score (nSPS) is 33.0. The van der Waals surface area contributed by atoms with Gasteiger partial charge in [-0.2, -0.15) is 0 Å². The molecule has 1 aliphatic carbocycles. The van der Waals surface area contributed by atoms with E-state index in [0.717, 1.165) is 13.0 Å². The zero-order valence-electron chi connectivity index (χ0n) is 7.83. The highest BCUT2D eigenvalue weighted by Gasteiger charge is 2.37. The molecule has 0 bridgehead atoms. The quantitative estimate of drug-likeness (QED) is 0.639. The van der Waals surface area contributed by atoms with Crippen molar-refractivity contribution in [3.05, 3.63) is 0 Å². The molecule has 2 fully saturated rings. The molecule has 1 saturated carbocycles. The van der Waals surface area contributed by atoms with Gasteiger partial charge < -0.3 is 16.0 Å². The predicted molar refractivity (Wildman–Crippen MR) is 50.3 cm³/mol. The largest absolute Gasteiger partial charge is 0.338 e. The van der Waals surface area contributed by atoms with Crippen LogP contribution in [0, 0.1) is 5.92 Å². The summed E-state index contributed by atoms with van der Waals surface area (Å²) in [6, 6.07) is 0.547. The maximum Gasteiger partial charge on any atom is 0.317 e. The van der Waals surface area contributed by atoms with Crippen molar-refractivity contribution in [3.63, 3.8) is 0 Å². The van der Waals surface area contributed by atoms with Crippen LogP contribution in [-0.2, 0) is 0 Å². The highest BCUT2D eigenvalue weighted by atomic mass is 16.2. The van der Waals surface area contributed by atoms with E-state index in [4.69, 9.17) is 5.73 Å². The topological polar surface area (TPSA) is 58.4 Å². The second-order valence-corrected chi connectivity index (χ2v) is 3.93. The number of fused-ring (bicyclic) bond motifs is 1. The lowest BCUT2D eigenvalue weighted by Crippen LogP contribution is -2.56. The summed E-state index contributed by atoms with van der Waals surface area (Å²) in [5.41, 5.74) is 5.48. The molecular formula is C9H17N3O. The molecule has 1 aliphatic heterocycles. The van der Waals surface area contributed by atoms with Gasteiger partial charge in [0.05, 0.1) is 0 Å². The summed E-state index contributed by atoms with van der Waals surface area (Å²) in [6.45, 7) is 2.13. The Morgan fingerprint density at radius 2 is 2.38 bits per heavy atom. The van der Waals surface area contributed by atoms with Crippen LogP contribution in [0.3, 0.4) is 0 Å². The molecule has 3 N–H and O–H groups in total. The maximum atomic E-state index is 11.5. The van der Waals surface area contributed by atoms with Crippen molar-refractivity contribution in [1.82, 2.24) is 10.2 Å². The number of rotatable bonds is 2. The minimum absolute atomic E-state index is 0.0774. The minimum atomic E-state index is 0.0774. The molecule has 4 heteroatoms. The molecule has 0 aromatic heterocycles. The fraction of sp³-hybridized carbons (Fsp3) is 0.889. The van der Waals surface area contributed by atoms with E-state index >= 15 is 0 Å². The van der Waals surface area contributed by atoms with Crippen LogP contribution in [0.25, 0.3) is 0 Å². The number of amides is 2. The first kappa shape index (κ1) is 8.81. The van der Waals surface area contributed by atoms with E-state index in [9.17, 15) is 4.79 Å². The fourth-order valence-electron chi connectivity index (χ4n) is 2.54. The molecule has 4 nitrogen and oxygen atoms in total. The Labute approximate surface area is 78.5 Å². The molecule has 2 atom stereocenters. The number of hydrogen-bond acceptors (Lipinski definition) is 2. The summed E-state index contributed by atoms with van der Waals surface area (Å²) in [5, 5.41) is 2.92. The Kier molecular flexibility index (Phi) is 2.40. The molecule has 0 aromatic rings. The third-order valence-corrected chi connectivity index (χ3v) is 3.17. The molecular weight excluding hydrogens is 166 g/mol. The Morgan fingerprint density at radius 1 is 1.54 bits per heavy atom. The number of nitrogens with one attached hydrogen (secondary N) is 1. The second kappa shape index (κ2) is 3.54. The lowest BCUT2D eigenvalue weighted by molar-refractivity contribution is 0.136.